The topological polar surface area (TPSA) is 69.9 Å². The van der Waals surface area contributed by atoms with Crippen LogP contribution in [0, 0.1) is 19.8 Å². The van der Waals surface area contributed by atoms with Crippen molar-refractivity contribution in [2.75, 3.05) is 50.7 Å². The van der Waals surface area contributed by atoms with Crippen LogP contribution in [0.2, 0.25) is 0 Å². The Hall–Kier alpha value is -3.00. The van der Waals surface area contributed by atoms with E-state index in [4.69, 9.17) is 0 Å². The smallest absolute Gasteiger partial charge is 0.259 e. The van der Waals surface area contributed by atoms with Crippen molar-refractivity contribution in [1.29, 1.82) is 0 Å². The first-order valence-electron chi connectivity index (χ1n) is 11.6. The van der Waals surface area contributed by atoms with E-state index < -0.39 is 0 Å². The first kappa shape index (κ1) is 20.9. The third-order valence-electron chi connectivity index (χ3n) is 6.68. The Balaban J connectivity index is 1.20. The SMILES string of the molecule is Cc1cc(C)n2ncc(C(=O)N3CCCC(CN4CCN(c5ccccn5)CC4)C3)c2n1. The molecule has 8 nitrogen and oxygen atoms in total. The van der Waals surface area contributed by atoms with Gasteiger partial charge in [-0.05, 0) is 50.8 Å². The van der Waals surface area contributed by atoms with Crippen LogP contribution in [0.15, 0.2) is 36.7 Å². The lowest BCUT2D eigenvalue weighted by molar-refractivity contribution is 0.0639. The third-order valence-corrected chi connectivity index (χ3v) is 6.68. The number of likely N-dealkylation sites (tertiary alicyclic amines) is 1. The van der Waals surface area contributed by atoms with Gasteiger partial charge in [0.05, 0.1) is 6.20 Å². The summed E-state index contributed by atoms with van der Waals surface area (Å²) in [7, 11) is 0. The molecular formula is C24H31N7O. The highest BCUT2D eigenvalue weighted by Gasteiger charge is 2.29. The maximum Gasteiger partial charge on any atom is 0.259 e. The van der Waals surface area contributed by atoms with E-state index in [1.807, 2.05) is 43.1 Å². The van der Waals surface area contributed by atoms with Crippen molar-refractivity contribution in [2.24, 2.45) is 5.92 Å². The van der Waals surface area contributed by atoms with Crippen LogP contribution in [0.3, 0.4) is 0 Å². The summed E-state index contributed by atoms with van der Waals surface area (Å²) in [6.45, 7) is 10.7. The Morgan fingerprint density at radius 1 is 1.12 bits per heavy atom. The highest BCUT2D eigenvalue weighted by molar-refractivity contribution is 5.99. The molecule has 32 heavy (non-hydrogen) atoms. The van der Waals surface area contributed by atoms with Gasteiger partial charge in [0, 0.05) is 63.4 Å². The molecule has 0 aliphatic carbocycles. The minimum absolute atomic E-state index is 0.0576. The molecule has 0 bridgehead atoms. The number of piperidine rings is 1. The molecule has 2 aliphatic rings. The minimum atomic E-state index is 0.0576. The number of anilines is 1. The fourth-order valence-electron chi connectivity index (χ4n) is 5.06. The second kappa shape index (κ2) is 8.86. The van der Waals surface area contributed by atoms with Gasteiger partial charge >= 0.3 is 0 Å². The summed E-state index contributed by atoms with van der Waals surface area (Å²) in [5, 5.41) is 4.41. The Bertz CT molecular complexity index is 1090. The molecule has 8 heteroatoms. The van der Waals surface area contributed by atoms with Crippen LogP contribution in [0.25, 0.3) is 5.65 Å². The summed E-state index contributed by atoms with van der Waals surface area (Å²) in [4.78, 5) is 29.3. The molecule has 168 valence electrons. The van der Waals surface area contributed by atoms with Gasteiger partial charge in [-0.25, -0.2) is 14.5 Å². The lowest BCUT2D eigenvalue weighted by Gasteiger charge is -2.39. The predicted molar refractivity (Wildman–Crippen MR) is 124 cm³/mol. The third kappa shape index (κ3) is 4.19. The standard InChI is InChI=1S/C24H31N7O/c1-18-14-19(2)31-23(27-18)21(15-26-31)24(32)30-9-5-6-20(17-30)16-28-10-12-29(13-11-28)22-7-3-4-8-25-22/h3-4,7-8,14-15,20H,5-6,9-13,16-17H2,1-2H3. The van der Waals surface area contributed by atoms with E-state index in [-0.39, 0.29) is 5.91 Å². The van der Waals surface area contributed by atoms with Gasteiger partial charge in [0.25, 0.3) is 5.91 Å². The Morgan fingerprint density at radius 3 is 2.75 bits per heavy atom. The summed E-state index contributed by atoms with van der Waals surface area (Å²) in [6.07, 6.45) is 5.76. The minimum Gasteiger partial charge on any atom is -0.354 e. The maximum atomic E-state index is 13.3. The van der Waals surface area contributed by atoms with Crippen molar-refractivity contribution >= 4 is 17.4 Å². The number of rotatable bonds is 4. The summed E-state index contributed by atoms with van der Waals surface area (Å²) in [5.74, 6) is 1.63. The molecule has 0 spiro atoms. The number of hydrogen-bond acceptors (Lipinski definition) is 6. The van der Waals surface area contributed by atoms with Crippen molar-refractivity contribution < 1.29 is 4.79 Å². The van der Waals surface area contributed by atoms with Crippen molar-refractivity contribution in [3.8, 4) is 0 Å². The predicted octanol–water partition coefficient (Wildman–Crippen LogP) is 2.42. The largest absolute Gasteiger partial charge is 0.354 e. The normalized spacial score (nSPS) is 20.1. The number of nitrogens with zero attached hydrogens (tertiary/aromatic N) is 7. The molecule has 0 saturated carbocycles. The van der Waals surface area contributed by atoms with E-state index >= 15 is 0 Å². The van der Waals surface area contributed by atoms with Crippen molar-refractivity contribution in [1.82, 2.24) is 29.4 Å². The van der Waals surface area contributed by atoms with Gasteiger partial charge in [-0.1, -0.05) is 6.07 Å². The average molecular weight is 434 g/mol. The van der Waals surface area contributed by atoms with Crippen LogP contribution in [0.4, 0.5) is 5.82 Å². The number of piperazine rings is 1. The molecule has 1 unspecified atom stereocenters. The first-order chi connectivity index (χ1) is 15.6. The average Bonchev–Trinajstić information content (AvgIpc) is 3.24. The molecule has 0 aromatic carbocycles. The van der Waals surface area contributed by atoms with E-state index in [2.05, 4.69) is 30.9 Å². The number of fused-ring (bicyclic) bond motifs is 1. The molecule has 0 N–H and O–H groups in total. The molecule has 1 amide bonds. The Morgan fingerprint density at radius 2 is 1.97 bits per heavy atom. The van der Waals surface area contributed by atoms with Crippen LogP contribution in [0.1, 0.15) is 34.6 Å². The summed E-state index contributed by atoms with van der Waals surface area (Å²) in [6, 6.07) is 8.07. The van der Waals surface area contributed by atoms with E-state index in [1.165, 1.54) is 6.42 Å². The van der Waals surface area contributed by atoms with Gasteiger partial charge in [-0.2, -0.15) is 5.10 Å². The molecule has 3 aromatic heterocycles. The second-order valence-electron chi connectivity index (χ2n) is 9.07. The summed E-state index contributed by atoms with van der Waals surface area (Å²) in [5.41, 5.74) is 3.18. The van der Waals surface area contributed by atoms with Crippen molar-refractivity contribution in [2.45, 2.75) is 26.7 Å². The molecule has 3 aromatic rings. The van der Waals surface area contributed by atoms with Gasteiger partial charge in [-0.3, -0.25) is 9.69 Å². The molecule has 1 atom stereocenters. The number of carbonyl (C=O) groups excluding carboxylic acids is 1. The van der Waals surface area contributed by atoms with Gasteiger partial charge in [-0.15, -0.1) is 0 Å². The quantitative estimate of drug-likeness (QED) is 0.629. The van der Waals surface area contributed by atoms with Gasteiger partial charge < -0.3 is 9.80 Å². The molecule has 0 radical (unpaired) electrons. The zero-order valence-corrected chi connectivity index (χ0v) is 18.9. The fourth-order valence-corrected chi connectivity index (χ4v) is 5.06. The van der Waals surface area contributed by atoms with E-state index in [9.17, 15) is 4.79 Å². The molecule has 2 aliphatic heterocycles. The number of amides is 1. The van der Waals surface area contributed by atoms with Gasteiger partial charge in [0.15, 0.2) is 5.65 Å². The first-order valence-corrected chi connectivity index (χ1v) is 11.6. The van der Waals surface area contributed by atoms with Gasteiger partial charge in [0.2, 0.25) is 0 Å². The van der Waals surface area contributed by atoms with Gasteiger partial charge in [0.1, 0.15) is 11.4 Å². The zero-order chi connectivity index (χ0) is 22.1. The van der Waals surface area contributed by atoms with Crippen LogP contribution in [-0.2, 0) is 0 Å². The Labute approximate surface area is 188 Å². The molecule has 2 fully saturated rings. The molecule has 5 rings (SSSR count). The lowest BCUT2D eigenvalue weighted by Crippen LogP contribution is -2.50. The van der Waals surface area contributed by atoms with Crippen LogP contribution in [0.5, 0.6) is 0 Å². The molecule has 2 saturated heterocycles. The number of aromatic nitrogens is 4. The maximum absolute atomic E-state index is 13.3. The molecular weight excluding hydrogens is 402 g/mol. The van der Waals surface area contributed by atoms with Crippen LogP contribution < -0.4 is 4.90 Å². The van der Waals surface area contributed by atoms with E-state index in [1.54, 1.807) is 10.7 Å². The second-order valence-corrected chi connectivity index (χ2v) is 9.07. The fraction of sp³-hybridized carbons (Fsp3) is 0.500. The van der Waals surface area contributed by atoms with Crippen molar-refractivity contribution in [3.05, 3.63) is 53.6 Å². The van der Waals surface area contributed by atoms with Crippen LogP contribution >= 0.6 is 0 Å². The van der Waals surface area contributed by atoms with E-state index in [0.717, 1.165) is 69.4 Å². The highest BCUT2D eigenvalue weighted by Crippen LogP contribution is 2.22. The van der Waals surface area contributed by atoms with Crippen molar-refractivity contribution in [3.63, 3.8) is 0 Å². The van der Waals surface area contributed by atoms with E-state index in [0.29, 0.717) is 17.1 Å². The number of pyridine rings is 1. The molecule has 5 heterocycles. The zero-order valence-electron chi connectivity index (χ0n) is 18.9. The number of carbonyl (C=O) groups is 1. The highest BCUT2D eigenvalue weighted by atomic mass is 16.2. The summed E-state index contributed by atoms with van der Waals surface area (Å²) < 4.78 is 1.77. The summed E-state index contributed by atoms with van der Waals surface area (Å²) >= 11 is 0. The number of aryl methyl sites for hydroxylation is 2. The lowest BCUT2D eigenvalue weighted by atomic mass is 9.96. The monoisotopic (exact) mass is 433 g/mol. The Kier molecular flexibility index (Phi) is 5.78. The number of hydrogen-bond donors (Lipinski definition) is 0. The van der Waals surface area contributed by atoms with Crippen LogP contribution in [-0.4, -0.2) is 81.1 Å².